The number of para-hydroxylation sites is 1. The molecular formula is C24H19N5O. The second kappa shape index (κ2) is 8.84. The Morgan fingerprint density at radius 3 is 2.57 bits per heavy atom. The van der Waals surface area contributed by atoms with Gasteiger partial charge in [-0.25, -0.2) is 9.97 Å². The van der Waals surface area contributed by atoms with E-state index in [1.54, 1.807) is 18.5 Å². The molecule has 4 aromatic rings. The molecule has 1 amide bonds. The van der Waals surface area contributed by atoms with E-state index in [4.69, 9.17) is 5.26 Å². The molecule has 0 saturated heterocycles. The average Bonchev–Trinajstić information content (AvgIpc) is 3.15. The van der Waals surface area contributed by atoms with Crippen molar-refractivity contribution in [2.24, 2.45) is 0 Å². The molecule has 0 bridgehead atoms. The quantitative estimate of drug-likeness (QED) is 0.483. The number of rotatable bonds is 6. The average molecular weight is 393 g/mol. The summed E-state index contributed by atoms with van der Waals surface area (Å²) in [6.45, 7) is 0.613. The second-order valence-electron chi connectivity index (χ2n) is 6.69. The van der Waals surface area contributed by atoms with Crippen molar-refractivity contribution in [2.45, 2.75) is 13.0 Å². The van der Waals surface area contributed by atoms with Gasteiger partial charge in [-0.3, -0.25) is 4.79 Å². The van der Waals surface area contributed by atoms with Gasteiger partial charge >= 0.3 is 0 Å². The molecule has 1 N–H and O–H groups in total. The Morgan fingerprint density at radius 1 is 1.07 bits per heavy atom. The molecule has 0 radical (unpaired) electrons. The summed E-state index contributed by atoms with van der Waals surface area (Å²) in [5, 5.41) is 12.7. The van der Waals surface area contributed by atoms with Crippen molar-refractivity contribution in [1.82, 2.24) is 14.5 Å². The van der Waals surface area contributed by atoms with Crippen LogP contribution in [0, 0.1) is 11.3 Å². The van der Waals surface area contributed by atoms with E-state index in [1.165, 1.54) is 6.08 Å². The molecule has 2 aromatic heterocycles. The Labute approximate surface area is 174 Å². The number of aryl methyl sites for hydroxylation is 1. The summed E-state index contributed by atoms with van der Waals surface area (Å²) in [6.07, 6.45) is 8.84. The highest BCUT2D eigenvalue weighted by molar-refractivity contribution is 6.03. The third-order valence-electron chi connectivity index (χ3n) is 4.65. The first-order chi connectivity index (χ1) is 14.7. The summed E-state index contributed by atoms with van der Waals surface area (Å²) in [6, 6.07) is 19.8. The van der Waals surface area contributed by atoms with E-state index in [2.05, 4.69) is 21.4 Å². The van der Waals surface area contributed by atoms with Crippen molar-refractivity contribution in [3.8, 4) is 17.5 Å². The molecule has 0 spiro atoms. The molecule has 2 heterocycles. The van der Waals surface area contributed by atoms with Crippen LogP contribution in [0.1, 0.15) is 12.0 Å². The first-order valence-corrected chi connectivity index (χ1v) is 9.56. The van der Waals surface area contributed by atoms with Gasteiger partial charge in [0.2, 0.25) is 5.91 Å². The number of nitrogens with one attached hydrogen (secondary N) is 1. The number of carbonyl (C=O) groups excluding carboxylic acids is 1. The first-order valence-electron chi connectivity index (χ1n) is 9.56. The fourth-order valence-electron chi connectivity index (χ4n) is 3.24. The van der Waals surface area contributed by atoms with Crippen molar-refractivity contribution in [1.29, 1.82) is 5.26 Å². The number of nitriles is 1. The zero-order chi connectivity index (χ0) is 20.8. The van der Waals surface area contributed by atoms with Crippen LogP contribution in [-0.4, -0.2) is 20.4 Å². The van der Waals surface area contributed by atoms with Gasteiger partial charge in [0.25, 0.3) is 0 Å². The number of amides is 1. The van der Waals surface area contributed by atoms with E-state index in [1.807, 2.05) is 65.4 Å². The van der Waals surface area contributed by atoms with Crippen LogP contribution in [0.5, 0.6) is 0 Å². The van der Waals surface area contributed by atoms with Crippen molar-refractivity contribution in [2.75, 3.05) is 5.32 Å². The van der Waals surface area contributed by atoms with E-state index in [9.17, 15) is 4.79 Å². The van der Waals surface area contributed by atoms with Gasteiger partial charge in [-0.05, 0) is 12.1 Å². The molecular weight excluding hydrogens is 374 g/mol. The van der Waals surface area contributed by atoms with Crippen LogP contribution in [0.15, 0.2) is 79.3 Å². The largest absolute Gasteiger partial charge is 0.346 e. The van der Waals surface area contributed by atoms with Crippen molar-refractivity contribution >= 4 is 28.6 Å². The normalized spacial score (nSPS) is 10.9. The minimum absolute atomic E-state index is 0.264. The number of hydrogen-bond acceptors (Lipinski definition) is 4. The van der Waals surface area contributed by atoms with E-state index < -0.39 is 0 Å². The van der Waals surface area contributed by atoms with Crippen molar-refractivity contribution in [3.05, 3.63) is 84.8 Å². The minimum atomic E-state index is -0.264. The lowest BCUT2D eigenvalue weighted by atomic mass is 10.1. The lowest BCUT2D eigenvalue weighted by Gasteiger charge is -2.03. The van der Waals surface area contributed by atoms with E-state index >= 15 is 0 Å². The van der Waals surface area contributed by atoms with Gasteiger partial charge in [0.15, 0.2) is 5.82 Å². The maximum atomic E-state index is 12.4. The Morgan fingerprint density at radius 2 is 1.80 bits per heavy atom. The second-order valence-corrected chi connectivity index (χ2v) is 6.69. The summed E-state index contributed by atoms with van der Waals surface area (Å²) in [5.74, 6) is 0.342. The summed E-state index contributed by atoms with van der Waals surface area (Å²) in [4.78, 5) is 21.0. The summed E-state index contributed by atoms with van der Waals surface area (Å²) in [7, 11) is 0. The maximum Gasteiger partial charge on any atom is 0.248 e. The molecule has 0 aliphatic rings. The van der Waals surface area contributed by atoms with Crippen LogP contribution < -0.4 is 5.32 Å². The third-order valence-corrected chi connectivity index (χ3v) is 4.65. The fraction of sp³-hybridized carbons (Fsp3) is 0.0833. The van der Waals surface area contributed by atoms with Gasteiger partial charge in [-0.1, -0.05) is 48.5 Å². The predicted octanol–water partition coefficient (Wildman–Crippen LogP) is 4.66. The monoisotopic (exact) mass is 393 g/mol. The predicted molar refractivity (Wildman–Crippen MR) is 117 cm³/mol. The zero-order valence-electron chi connectivity index (χ0n) is 16.2. The highest BCUT2D eigenvalue weighted by Gasteiger charge is 2.07. The molecule has 0 unspecified atom stereocenters. The van der Waals surface area contributed by atoms with E-state index in [0.29, 0.717) is 24.5 Å². The van der Waals surface area contributed by atoms with Crippen LogP contribution >= 0.6 is 0 Å². The molecule has 4 rings (SSSR count). The van der Waals surface area contributed by atoms with Crippen LogP contribution in [-0.2, 0) is 11.3 Å². The van der Waals surface area contributed by atoms with Crippen molar-refractivity contribution < 1.29 is 4.79 Å². The smallest absolute Gasteiger partial charge is 0.248 e. The molecule has 0 aliphatic heterocycles. The van der Waals surface area contributed by atoms with Crippen LogP contribution in [0.25, 0.3) is 28.4 Å². The topological polar surface area (TPSA) is 83.6 Å². The summed E-state index contributed by atoms with van der Waals surface area (Å²) in [5.41, 5.74) is 3.41. The molecule has 0 fully saturated rings. The fourth-order valence-corrected chi connectivity index (χ4v) is 3.24. The van der Waals surface area contributed by atoms with E-state index in [-0.39, 0.29) is 5.91 Å². The van der Waals surface area contributed by atoms with Crippen LogP contribution in [0.3, 0.4) is 0 Å². The number of fused-ring (bicyclic) bond motifs is 1. The number of aromatic nitrogens is 3. The minimum Gasteiger partial charge on any atom is -0.346 e. The molecule has 0 aliphatic carbocycles. The zero-order valence-corrected chi connectivity index (χ0v) is 16.2. The Kier molecular flexibility index (Phi) is 5.63. The highest BCUT2D eigenvalue weighted by Crippen LogP contribution is 2.23. The summed E-state index contributed by atoms with van der Waals surface area (Å²) < 4.78 is 2.03. The Hall–Kier alpha value is -4.24. The van der Waals surface area contributed by atoms with Crippen molar-refractivity contribution in [3.63, 3.8) is 0 Å². The number of hydrogen-bond donors (Lipinski definition) is 1. The van der Waals surface area contributed by atoms with Gasteiger partial charge in [0, 0.05) is 40.8 Å². The van der Waals surface area contributed by atoms with Gasteiger partial charge in [-0.15, -0.1) is 0 Å². The molecule has 30 heavy (non-hydrogen) atoms. The number of nitrogens with zero attached hydrogens (tertiary/aromatic N) is 4. The molecule has 2 aromatic carbocycles. The van der Waals surface area contributed by atoms with Crippen LogP contribution in [0.2, 0.25) is 0 Å². The molecule has 6 heteroatoms. The van der Waals surface area contributed by atoms with Gasteiger partial charge in [0.05, 0.1) is 30.6 Å². The SMILES string of the molecule is N#CCCn1cc(/C=C/C(=O)Nc2cnc(-c3ccccc3)nc2)c2ccccc21. The first kappa shape index (κ1) is 19.1. The Bertz CT molecular complexity index is 1230. The Balaban J connectivity index is 1.47. The maximum absolute atomic E-state index is 12.4. The standard InChI is InChI=1S/C24H19N5O/c25-13-6-14-29-17-19(21-9-4-5-10-22(21)29)11-12-23(30)28-20-15-26-24(27-16-20)18-7-2-1-3-8-18/h1-5,7-12,15-17H,6,14H2,(H,28,30)/b12-11+. The van der Waals surface area contributed by atoms with Gasteiger partial charge in [-0.2, -0.15) is 5.26 Å². The molecule has 146 valence electrons. The highest BCUT2D eigenvalue weighted by atomic mass is 16.1. The summed E-state index contributed by atoms with van der Waals surface area (Å²) >= 11 is 0. The number of anilines is 1. The molecule has 0 saturated carbocycles. The van der Waals surface area contributed by atoms with Gasteiger partial charge < -0.3 is 9.88 Å². The number of benzene rings is 2. The number of carbonyl (C=O) groups is 1. The van der Waals surface area contributed by atoms with E-state index in [0.717, 1.165) is 22.0 Å². The molecule has 6 nitrogen and oxygen atoms in total. The lowest BCUT2D eigenvalue weighted by Crippen LogP contribution is -2.08. The molecule has 0 atom stereocenters. The van der Waals surface area contributed by atoms with Gasteiger partial charge in [0.1, 0.15) is 0 Å². The third kappa shape index (κ3) is 4.26. The van der Waals surface area contributed by atoms with Crippen LogP contribution in [0.4, 0.5) is 5.69 Å². The lowest BCUT2D eigenvalue weighted by molar-refractivity contribution is -0.111.